The number of aliphatic hydroxyl groups is 4. The van der Waals surface area contributed by atoms with Gasteiger partial charge in [-0.15, -0.1) is 0 Å². The van der Waals surface area contributed by atoms with Gasteiger partial charge in [-0.25, -0.2) is 9.59 Å². The van der Waals surface area contributed by atoms with Crippen LogP contribution in [0.3, 0.4) is 0 Å². The number of fused-ring (bicyclic) bond motifs is 4. The maximum atomic E-state index is 13.2. The molecule has 1 saturated carbocycles. The fraction of sp³-hybridized carbons (Fsp3) is 0.800. The molecular formula is C20H28N4O10. The van der Waals surface area contributed by atoms with Gasteiger partial charge in [-0.3, -0.25) is 30.0 Å². The van der Waals surface area contributed by atoms with Crippen LogP contribution in [0.4, 0.5) is 9.59 Å². The van der Waals surface area contributed by atoms with E-state index in [1.165, 1.54) is 23.6 Å². The molecule has 0 spiro atoms. The van der Waals surface area contributed by atoms with Gasteiger partial charge in [-0.05, 0) is 13.8 Å². The molecule has 0 radical (unpaired) electrons. The predicted molar refractivity (Wildman–Crippen MR) is 107 cm³/mol. The second-order valence-electron chi connectivity index (χ2n) is 9.93. The molecule has 5 rings (SSSR count). The number of urea groups is 2. The van der Waals surface area contributed by atoms with Crippen molar-refractivity contribution in [2.24, 2.45) is 10.8 Å². The Morgan fingerprint density at radius 3 is 1.44 bits per heavy atom. The normalized spacial score (nSPS) is 48.3. The third-order valence-corrected chi connectivity index (χ3v) is 8.11. The maximum Gasteiger partial charge on any atom is 0.326 e. The molecule has 0 aromatic heterocycles. The van der Waals surface area contributed by atoms with Crippen molar-refractivity contribution < 1.29 is 49.1 Å². The summed E-state index contributed by atoms with van der Waals surface area (Å²) in [4.78, 5) is 54.7. The number of nitrogens with one attached hydrogen (secondary N) is 2. The van der Waals surface area contributed by atoms with E-state index in [1.807, 2.05) is 0 Å². The Balaban J connectivity index is 1.55. The van der Waals surface area contributed by atoms with E-state index in [-0.39, 0.29) is 12.8 Å². The van der Waals surface area contributed by atoms with Gasteiger partial charge in [0.1, 0.15) is 24.7 Å². The highest BCUT2D eigenvalue weighted by atomic mass is 16.6. The largest absolute Gasteiger partial charge is 0.394 e. The van der Waals surface area contributed by atoms with Crippen LogP contribution in [0, 0.1) is 10.8 Å². The predicted octanol–water partition coefficient (Wildman–Crippen LogP) is -3.21. The number of carbonyl (C=O) groups excluding carboxylic acids is 4. The first kappa shape index (κ1) is 23.4. The molecule has 0 unspecified atom stereocenters. The van der Waals surface area contributed by atoms with E-state index in [1.54, 1.807) is 0 Å². The Bertz CT molecular complexity index is 862. The molecule has 4 heterocycles. The zero-order valence-electron chi connectivity index (χ0n) is 18.6. The molecular weight excluding hydrogens is 456 g/mol. The van der Waals surface area contributed by atoms with Gasteiger partial charge >= 0.3 is 12.1 Å². The van der Waals surface area contributed by atoms with E-state index in [0.717, 1.165) is 0 Å². The molecule has 188 valence electrons. The lowest BCUT2D eigenvalue weighted by Gasteiger charge is -2.71. The van der Waals surface area contributed by atoms with E-state index >= 15 is 0 Å². The molecule has 4 saturated heterocycles. The Hall–Kier alpha value is -2.36. The minimum absolute atomic E-state index is 0.0411. The SMILES string of the molecule is CC12C(=O)NC(=O)N([C@H]3C[C@H](O)[C@@H](CO)O3)C1C1(C)C(=O)NC(=O)N([C@H]3C[C@H](O)[C@@H](CO)O3)C21. The van der Waals surface area contributed by atoms with Crippen molar-refractivity contribution in [3.8, 4) is 0 Å². The molecule has 14 heteroatoms. The number of rotatable bonds is 4. The molecule has 34 heavy (non-hydrogen) atoms. The van der Waals surface area contributed by atoms with Crippen LogP contribution >= 0.6 is 0 Å². The Labute approximate surface area is 193 Å². The summed E-state index contributed by atoms with van der Waals surface area (Å²) in [6.45, 7) is 2.09. The first-order valence-electron chi connectivity index (χ1n) is 11.2. The highest BCUT2D eigenvalue weighted by Crippen LogP contribution is 2.63. The molecule has 0 aromatic rings. The summed E-state index contributed by atoms with van der Waals surface area (Å²) in [5, 5.41) is 43.8. The number of carbonyl (C=O) groups is 4. The van der Waals surface area contributed by atoms with Crippen molar-refractivity contribution in [1.82, 2.24) is 20.4 Å². The van der Waals surface area contributed by atoms with Crippen molar-refractivity contribution in [2.45, 2.75) is 75.6 Å². The van der Waals surface area contributed by atoms with Gasteiger partial charge in [0.05, 0.1) is 48.3 Å². The number of imide groups is 2. The smallest absolute Gasteiger partial charge is 0.326 e. The van der Waals surface area contributed by atoms with Crippen molar-refractivity contribution in [2.75, 3.05) is 13.2 Å². The van der Waals surface area contributed by atoms with Crippen molar-refractivity contribution in [1.29, 1.82) is 0 Å². The lowest BCUT2D eigenvalue weighted by molar-refractivity contribution is -0.241. The molecule has 6 amide bonds. The summed E-state index contributed by atoms with van der Waals surface area (Å²) in [5.74, 6) is -1.38. The van der Waals surface area contributed by atoms with Crippen LogP contribution in [-0.4, -0.2) is 116 Å². The first-order chi connectivity index (χ1) is 16.0. The van der Waals surface area contributed by atoms with E-state index in [4.69, 9.17) is 9.47 Å². The van der Waals surface area contributed by atoms with Gasteiger partial charge in [-0.2, -0.15) is 0 Å². The molecule has 5 aliphatic rings. The van der Waals surface area contributed by atoms with Crippen LogP contribution in [0.25, 0.3) is 0 Å². The van der Waals surface area contributed by atoms with E-state index in [9.17, 15) is 39.6 Å². The molecule has 1 aliphatic carbocycles. The zero-order valence-corrected chi connectivity index (χ0v) is 18.6. The summed E-state index contributed by atoms with van der Waals surface area (Å²) in [7, 11) is 0. The van der Waals surface area contributed by atoms with Gasteiger partial charge in [0, 0.05) is 12.8 Å². The van der Waals surface area contributed by atoms with Crippen molar-refractivity contribution in [3.05, 3.63) is 0 Å². The number of hydrogen-bond donors (Lipinski definition) is 6. The van der Waals surface area contributed by atoms with Crippen LogP contribution in [0.2, 0.25) is 0 Å². The molecule has 0 bridgehead atoms. The van der Waals surface area contributed by atoms with Gasteiger partial charge < -0.3 is 29.9 Å². The molecule has 0 aromatic carbocycles. The minimum atomic E-state index is -1.46. The fourth-order valence-electron chi connectivity index (χ4n) is 6.62. The lowest BCUT2D eigenvalue weighted by atomic mass is 9.43. The van der Waals surface area contributed by atoms with E-state index < -0.39 is 96.9 Å². The summed E-state index contributed by atoms with van der Waals surface area (Å²) >= 11 is 0. The van der Waals surface area contributed by atoms with Gasteiger partial charge in [-0.1, -0.05) is 0 Å². The minimum Gasteiger partial charge on any atom is -0.394 e. The summed E-state index contributed by atoms with van der Waals surface area (Å²) in [6, 6.07) is -3.72. The number of hydrogen-bond acceptors (Lipinski definition) is 10. The standard InChI is InChI=1S/C20H28N4O10/c1-19-13(23(17(31)21-15(19)29)11-3-7(27)9(5-25)33-11)20(2)14(19)24(18(32)22-16(20)30)12-4-8(28)10(6-26)34-12/h7-14,25-28H,3-6H2,1-2H3,(H,21,29,31)(H,22,30,32)/t7-,8-,9+,10+,11+,12+,13?,14?,19?,20?/m0/s1. The average molecular weight is 484 g/mol. The van der Waals surface area contributed by atoms with Crippen LogP contribution in [0.15, 0.2) is 0 Å². The van der Waals surface area contributed by atoms with Crippen LogP contribution < -0.4 is 10.6 Å². The Morgan fingerprint density at radius 1 is 0.794 bits per heavy atom. The van der Waals surface area contributed by atoms with Crippen LogP contribution in [-0.2, 0) is 19.1 Å². The molecule has 5 fully saturated rings. The van der Waals surface area contributed by atoms with Gasteiger partial charge in [0.25, 0.3) is 0 Å². The van der Waals surface area contributed by atoms with E-state index in [2.05, 4.69) is 10.6 Å². The Kier molecular flexibility index (Phi) is 5.21. The second-order valence-corrected chi connectivity index (χ2v) is 9.93. The second kappa shape index (κ2) is 7.57. The third kappa shape index (κ3) is 2.77. The third-order valence-electron chi connectivity index (χ3n) is 8.11. The number of aliphatic hydroxyl groups excluding tert-OH is 4. The summed E-state index contributed by atoms with van der Waals surface area (Å²) in [5.41, 5.74) is -2.93. The molecule has 6 N–H and O–H groups in total. The van der Waals surface area contributed by atoms with Crippen molar-refractivity contribution >= 4 is 23.9 Å². The molecule has 6 atom stereocenters. The maximum absolute atomic E-state index is 13.2. The van der Waals surface area contributed by atoms with Crippen LogP contribution in [0.1, 0.15) is 26.7 Å². The quantitative estimate of drug-likeness (QED) is 0.236. The monoisotopic (exact) mass is 484 g/mol. The first-order valence-corrected chi connectivity index (χ1v) is 11.2. The topological polar surface area (TPSA) is 198 Å². The molecule has 14 nitrogen and oxygen atoms in total. The lowest BCUT2D eigenvalue weighted by Crippen LogP contribution is -2.92. The van der Waals surface area contributed by atoms with Gasteiger partial charge in [0.15, 0.2) is 0 Å². The summed E-state index contributed by atoms with van der Waals surface area (Å²) in [6.07, 6.45) is -6.12. The zero-order chi connectivity index (χ0) is 24.7. The summed E-state index contributed by atoms with van der Waals surface area (Å²) < 4.78 is 11.3. The van der Waals surface area contributed by atoms with E-state index in [0.29, 0.717) is 0 Å². The fourth-order valence-corrected chi connectivity index (χ4v) is 6.62. The van der Waals surface area contributed by atoms with Crippen LogP contribution in [0.5, 0.6) is 0 Å². The Morgan fingerprint density at radius 2 is 1.15 bits per heavy atom. The highest BCUT2D eigenvalue weighted by Gasteiger charge is 2.81. The average Bonchev–Trinajstić information content (AvgIpc) is 3.34. The number of ether oxygens (including phenoxy) is 2. The number of amides is 6. The highest BCUT2D eigenvalue weighted by molar-refractivity contribution is 6.09. The van der Waals surface area contributed by atoms with Crippen molar-refractivity contribution in [3.63, 3.8) is 0 Å². The molecule has 4 aliphatic heterocycles. The van der Waals surface area contributed by atoms with Gasteiger partial charge in [0.2, 0.25) is 11.8 Å². The number of nitrogens with zero attached hydrogens (tertiary/aromatic N) is 2.